The van der Waals surface area contributed by atoms with Crippen molar-refractivity contribution in [3.63, 3.8) is 0 Å². The van der Waals surface area contributed by atoms with Crippen LogP contribution in [0.3, 0.4) is 0 Å². The van der Waals surface area contributed by atoms with Crippen molar-refractivity contribution in [1.82, 2.24) is 10.2 Å². The van der Waals surface area contributed by atoms with Gasteiger partial charge in [-0.2, -0.15) is 0 Å². The van der Waals surface area contributed by atoms with E-state index >= 15 is 0 Å². The lowest BCUT2D eigenvalue weighted by molar-refractivity contribution is 0.253. The molecule has 0 aromatic rings. The van der Waals surface area contributed by atoms with E-state index in [1.165, 1.54) is 6.92 Å². The van der Waals surface area contributed by atoms with Crippen molar-refractivity contribution < 1.29 is 11.0 Å². The summed E-state index contributed by atoms with van der Waals surface area (Å²) >= 11 is 0. The molecule has 0 unspecified atom stereocenters. The summed E-state index contributed by atoms with van der Waals surface area (Å²) < 4.78 is 60.0. The average molecular weight is 122 g/mol. The standard InChI is InChI=1S/C6H14N2/c1-2-8-5-3-7-4-6-8/h7H,2-6H2,1H3/i3D2,4D2,5D2,6D2. The van der Waals surface area contributed by atoms with E-state index in [4.69, 9.17) is 11.0 Å². The third kappa shape index (κ3) is 1.46. The summed E-state index contributed by atoms with van der Waals surface area (Å²) in [7, 11) is 0. The van der Waals surface area contributed by atoms with Gasteiger partial charge in [-0.25, -0.2) is 0 Å². The second-order valence-electron chi connectivity index (χ2n) is 1.34. The Morgan fingerprint density at radius 3 is 2.75 bits per heavy atom. The van der Waals surface area contributed by atoms with Gasteiger partial charge in [-0.05, 0) is 6.54 Å². The van der Waals surface area contributed by atoms with Gasteiger partial charge in [0.1, 0.15) is 0 Å². The van der Waals surface area contributed by atoms with Gasteiger partial charge in [0.25, 0.3) is 0 Å². The number of piperazine rings is 1. The fraction of sp³-hybridized carbons (Fsp3) is 1.00. The zero-order valence-electron chi connectivity index (χ0n) is 12.7. The van der Waals surface area contributed by atoms with E-state index in [0.717, 1.165) is 0 Å². The van der Waals surface area contributed by atoms with Crippen LogP contribution in [-0.4, -0.2) is 37.4 Å². The van der Waals surface area contributed by atoms with Crippen molar-refractivity contribution in [1.29, 1.82) is 0 Å². The molecular formula is C6H14N2. The van der Waals surface area contributed by atoms with Crippen LogP contribution >= 0.6 is 0 Å². The smallest absolute Gasteiger partial charge is 0.0444 e. The largest absolute Gasteiger partial charge is 0.314 e. The summed E-state index contributed by atoms with van der Waals surface area (Å²) in [6.45, 7) is -9.28. The van der Waals surface area contributed by atoms with Gasteiger partial charge in [0, 0.05) is 37.0 Å². The second kappa shape index (κ2) is 3.05. The van der Waals surface area contributed by atoms with E-state index in [0.29, 0.717) is 4.90 Å². The molecule has 0 atom stereocenters. The van der Waals surface area contributed by atoms with Gasteiger partial charge in [0.05, 0.1) is 0 Å². The molecule has 8 heavy (non-hydrogen) atoms. The van der Waals surface area contributed by atoms with Crippen molar-refractivity contribution in [3.8, 4) is 0 Å². The summed E-state index contributed by atoms with van der Waals surface area (Å²) in [6.07, 6.45) is 0. The maximum absolute atomic E-state index is 7.57. The minimum absolute atomic E-state index is 0.138. The van der Waals surface area contributed by atoms with Crippen molar-refractivity contribution in [2.75, 3.05) is 32.5 Å². The van der Waals surface area contributed by atoms with Gasteiger partial charge < -0.3 is 10.2 Å². The first-order chi connectivity index (χ1) is 6.90. The van der Waals surface area contributed by atoms with Crippen molar-refractivity contribution in [3.05, 3.63) is 0 Å². The highest BCUT2D eigenvalue weighted by Gasteiger charge is 2.04. The Labute approximate surface area is 62.1 Å². The maximum atomic E-state index is 7.57. The highest BCUT2D eigenvalue weighted by atomic mass is 15.2. The van der Waals surface area contributed by atoms with Crippen LogP contribution in [0.1, 0.15) is 17.9 Å². The zero-order valence-corrected chi connectivity index (χ0v) is 4.65. The predicted octanol–water partition coefficient (Wildman–Crippen LogP) is -0.0885. The predicted molar refractivity (Wildman–Crippen MR) is 35.0 cm³/mol. The van der Waals surface area contributed by atoms with E-state index in [1.807, 2.05) is 0 Å². The lowest BCUT2D eigenvalue weighted by atomic mass is 10.4. The quantitative estimate of drug-likeness (QED) is 0.523. The van der Waals surface area contributed by atoms with E-state index in [9.17, 15) is 0 Å². The zero-order chi connectivity index (χ0) is 13.0. The summed E-state index contributed by atoms with van der Waals surface area (Å²) in [6, 6.07) is 0. The van der Waals surface area contributed by atoms with Gasteiger partial charge in [0.15, 0.2) is 0 Å². The summed E-state index contributed by atoms with van der Waals surface area (Å²) in [5.41, 5.74) is 0. The Balaban J connectivity index is 3.29. The molecule has 0 radical (unpaired) electrons. The molecule has 0 amide bonds. The lowest BCUT2D eigenvalue weighted by Crippen LogP contribution is -2.43. The van der Waals surface area contributed by atoms with Crippen LogP contribution in [0.25, 0.3) is 0 Å². The molecule has 1 aliphatic rings. The molecule has 1 rings (SSSR count). The number of nitrogens with one attached hydrogen (secondary N) is 1. The Morgan fingerprint density at radius 2 is 2.25 bits per heavy atom. The second-order valence-corrected chi connectivity index (χ2v) is 1.34. The van der Waals surface area contributed by atoms with Gasteiger partial charge in [0.2, 0.25) is 0 Å². The molecule has 48 valence electrons. The Bertz CT molecular complexity index is 262. The summed E-state index contributed by atoms with van der Waals surface area (Å²) in [4.78, 5) is 0.552. The third-order valence-electron chi connectivity index (χ3n) is 0.823. The van der Waals surface area contributed by atoms with Gasteiger partial charge in [-0.15, -0.1) is 0 Å². The van der Waals surface area contributed by atoms with Crippen molar-refractivity contribution in [2.24, 2.45) is 0 Å². The normalized spacial score (nSPS) is 63.6. The Kier molecular flexibility index (Phi) is 0.570. The Morgan fingerprint density at radius 1 is 1.62 bits per heavy atom. The number of likely N-dealkylation sites (N-methyl/N-ethyl adjacent to an activating group) is 1. The number of nitrogens with zero attached hydrogens (tertiary/aromatic N) is 1. The summed E-state index contributed by atoms with van der Waals surface area (Å²) in [5.74, 6) is 0. The van der Waals surface area contributed by atoms with E-state index in [1.54, 1.807) is 5.32 Å². The number of rotatable bonds is 1. The molecule has 0 saturated carbocycles. The summed E-state index contributed by atoms with van der Waals surface area (Å²) in [5, 5.41) is 1.75. The van der Waals surface area contributed by atoms with Crippen LogP contribution in [0, 0.1) is 0 Å². The fourth-order valence-electron chi connectivity index (χ4n) is 0.408. The SMILES string of the molecule is [2H]C1([2H])NC([2H])([2H])C([2H])([2H])N(CC)C1([2H])[2H]. The Hall–Kier alpha value is -0.0800. The first-order valence-electron chi connectivity index (χ1n) is 6.47. The van der Waals surface area contributed by atoms with Gasteiger partial charge >= 0.3 is 0 Å². The number of hydrogen-bond acceptors (Lipinski definition) is 2. The molecule has 0 spiro atoms. The molecule has 0 aromatic carbocycles. The minimum atomic E-state index is -2.67. The first-order valence-corrected chi connectivity index (χ1v) is 2.47. The highest BCUT2D eigenvalue weighted by molar-refractivity contribution is 4.64. The highest BCUT2D eigenvalue weighted by Crippen LogP contribution is 1.88. The van der Waals surface area contributed by atoms with E-state index in [-0.39, 0.29) is 6.54 Å². The molecule has 1 aliphatic heterocycles. The molecule has 1 N–H and O–H groups in total. The van der Waals surface area contributed by atoms with Crippen LogP contribution in [-0.2, 0) is 0 Å². The van der Waals surface area contributed by atoms with Crippen LogP contribution in [0.5, 0.6) is 0 Å². The van der Waals surface area contributed by atoms with E-state index < -0.39 is 26.0 Å². The van der Waals surface area contributed by atoms with Crippen molar-refractivity contribution >= 4 is 0 Å². The van der Waals surface area contributed by atoms with Crippen LogP contribution < -0.4 is 5.32 Å². The van der Waals surface area contributed by atoms with Crippen LogP contribution in [0.15, 0.2) is 0 Å². The number of hydrogen-bond donors (Lipinski definition) is 1. The molecule has 1 saturated heterocycles. The van der Waals surface area contributed by atoms with Crippen LogP contribution in [0.4, 0.5) is 0 Å². The third-order valence-corrected chi connectivity index (χ3v) is 0.823. The minimum Gasteiger partial charge on any atom is -0.314 e. The first kappa shape index (κ1) is 1.50. The monoisotopic (exact) mass is 122 g/mol. The van der Waals surface area contributed by atoms with Gasteiger partial charge in [-0.1, -0.05) is 6.92 Å². The molecule has 1 heterocycles. The van der Waals surface area contributed by atoms with Gasteiger partial charge in [-0.3, -0.25) is 0 Å². The van der Waals surface area contributed by atoms with Crippen LogP contribution in [0.2, 0.25) is 0 Å². The maximum Gasteiger partial charge on any atom is 0.0444 e. The lowest BCUT2D eigenvalue weighted by Gasteiger charge is -2.25. The molecule has 0 aromatic heterocycles. The molecule has 1 fully saturated rings. The topological polar surface area (TPSA) is 15.3 Å². The van der Waals surface area contributed by atoms with E-state index in [2.05, 4.69) is 0 Å². The fourth-order valence-corrected chi connectivity index (χ4v) is 0.408. The average Bonchev–Trinajstić information content (AvgIpc) is 1.99. The van der Waals surface area contributed by atoms with Crippen molar-refractivity contribution in [2.45, 2.75) is 6.92 Å². The molecule has 0 bridgehead atoms. The molecular weight excluding hydrogens is 100 g/mol. The molecule has 2 nitrogen and oxygen atoms in total. The molecule has 0 aliphatic carbocycles. The molecule has 2 heteroatoms.